The van der Waals surface area contributed by atoms with Gasteiger partial charge in [0.2, 0.25) is 5.89 Å². The van der Waals surface area contributed by atoms with Crippen LogP contribution in [0.2, 0.25) is 0 Å². The van der Waals surface area contributed by atoms with Crippen LogP contribution >= 0.6 is 15.9 Å². The number of nitrogens with two attached hydrogens (primary N) is 1. The molecule has 15 heavy (non-hydrogen) atoms. The van der Waals surface area contributed by atoms with Gasteiger partial charge in [0.15, 0.2) is 5.58 Å². The van der Waals surface area contributed by atoms with Gasteiger partial charge in [-0.25, -0.2) is 4.98 Å². The smallest absolute Gasteiger partial charge is 0.212 e. The fraction of sp³-hybridized carbons (Fsp3) is 0.364. The number of oxazole rings is 1. The number of nitrogens with zero attached hydrogens (tertiary/aromatic N) is 1. The Hall–Kier alpha value is -0.870. The van der Waals surface area contributed by atoms with Gasteiger partial charge in [-0.3, -0.25) is 0 Å². The predicted molar refractivity (Wildman–Crippen MR) is 63.5 cm³/mol. The quantitative estimate of drug-likeness (QED) is 0.910. The summed E-state index contributed by atoms with van der Waals surface area (Å²) in [4.78, 5) is 4.36. The minimum Gasteiger partial charge on any atom is -0.439 e. The molecule has 0 radical (unpaired) electrons. The molecule has 2 aromatic rings. The van der Waals surface area contributed by atoms with Crippen LogP contribution in [0.3, 0.4) is 0 Å². The third-order valence-electron chi connectivity index (χ3n) is 2.37. The lowest BCUT2D eigenvalue weighted by molar-refractivity contribution is 0.403. The van der Waals surface area contributed by atoms with E-state index in [2.05, 4.69) is 34.8 Å². The Morgan fingerprint density at radius 2 is 2.13 bits per heavy atom. The van der Waals surface area contributed by atoms with E-state index in [1.54, 1.807) is 0 Å². The number of aromatic nitrogens is 1. The van der Waals surface area contributed by atoms with E-state index < -0.39 is 0 Å². The average molecular weight is 269 g/mol. The van der Waals surface area contributed by atoms with Crippen molar-refractivity contribution in [3.05, 3.63) is 28.6 Å². The second-order valence-electron chi connectivity index (χ2n) is 3.93. The summed E-state index contributed by atoms with van der Waals surface area (Å²) in [6.45, 7) is 4.10. The first-order valence-corrected chi connectivity index (χ1v) is 5.69. The summed E-state index contributed by atoms with van der Waals surface area (Å²) in [5, 5.41) is 0. The molecule has 0 saturated heterocycles. The predicted octanol–water partition coefficient (Wildman–Crippen LogP) is 3.25. The van der Waals surface area contributed by atoms with E-state index in [-0.39, 0.29) is 6.04 Å². The Morgan fingerprint density at radius 1 is 1.40 bits per heavy atom. The summed E-state index contributed by atoms with van der Waals surface area (Å²) in [6, 6.07) is 5.62. The van der Waals surface area contributed by atoms with Gasteiger partial charge in [0, 0.05) is 4.47 Å². The molecule has 0 bridgehead atoms. The van der Waals surface area contributed by atoms with E-state index >= 15 is 0 Å². The molecular formula is C11H13BrN2O. The summed E-state index contributed by atoms with van der Waals surface area (Å²) in [5.74, 6) is 0.930. The molecule has 2 N–H and O–H groups in total. The van der Waals surface area contributed by atoms with Gasteiger partial charge in [-0.2, -0.15) is 0 Å². The maximum atomic E-state index is 5.97. The van der Waals surface area contributed by atoms with E-state index in [1.807, 2.05) is 18.2 Å². The Bertz CT molecular complexity index is 478. The maximum absolute atomic E-state index is 5.97. The van der Waals surface area contributed by atoms with E-state index in [9.17, 15) is 0 Å². The van der Waals surface area contributed by atoms with Crippen LogP contribution < -0.4 is 5.73 Å². The molecule has 0 saturated carbocycles. The molecule has 0 amide bonds. The van der Waals surface area contributed by atoms with Gasteiger partial charge < -0.3 is 10.2 Å². The first-order chi connectivity index (χ1) is 7.08. The van der Waals surface area contributed by atoms with E-state index in [1.165, 1.54) is 0 Å². The van der Waals surface area contributed by atoms with Crippen LogP contribution in [0.4, 0.5) is 0 Å². The van der Waals surface area contributed by atoms with Crippen molar-refractivity contribution in [2.75, 3.05) is 0 Å². The van der Waals surface area contributed by atoms with Gasteiger partial charge in [0.1, 0.15) is 5.52 Å². The second kappa shape index (κ2) is 3.94. The number of rotatable bonds is 2. The molecule has 4 heteroatoms. The van der Waals surface area contributed by atoms with Crippen LogP contribution in [0, 0.1) is 5.92 Å². The summed E-state index contributed by atoms with van der Waals surface area (Å²) in [6.07, 6.45) is 0. The zero-order valence-electron chi connectivity index (χ0n) is 8.70. The second-order valence-corrected chi connectivity index (χ2v) is 4.85. The van der Waals surface area contributed by atoms with E-state index in [0.717, 1.165) is 15.6 Å². The summed E-state index contributed by atoms with van der Waals surface area (Å²) in [7, 11) is 0. The van der Waals surface area contributed by atoms with Crippen LogP contribution in [0.25, 0.3) is 11.1 Å². The number of benzene rings is 1. The van der Waals surface area contributed by atoms with E-state index in [0.29, 0.717) is 11.8 Å². The molecule has 0 unspecified atom stereocenters. The van der Waals surface area contributed by atoms with Crippen molar-refractivity contribution in [1.29, 1.82) is 0 Å². The molecule has 3 nitrogen and oxygen atoms in total. The fourth-order valence-electron chi connectivity index (χ4n) is 1.34. The van der Waals surface area contributed by atoms with Gasteiger partial charge in [-0.05, 0) is 24.1 Å². The lowest BCUT2D eigenvalue weighted by Crippen LogP contribution is -2.16. The van der Waals surface area contributed by atoms with Gasteiger partial charge in [-0.1, -0.05) is 29.8 Å². The zero-order chi connectivity index (χ0) is 11.0. The number of hydrogen-bond acceptors (Lipinski definition) is 3. The maximum Gasteiger partial charge on any atom is 0.212 e. The molecule has 0 aliphatic carbocycles. The first-order valence-electron chi connectivity index (χ1n) is 4.89. The third-order valence-corrected chi connectivity index (χ3v) is 2.86. The molecular weight excluding hydrogens is 256 g/mol. The molecule has 1 atom stereocenters. The normalized spacial score (nSPS) is 13.7. The molecule has 80 valence electrons. The van der Waals surface area contributed by atoms with Crippen LogP contribution in [0.15, 0.2) is 27.1 Å². The standard InChI is InChI=1S/C11H13BrN2O/c1-6(2)10(13)11-14-8-4-3-7(12)5-9(8)15-11/h3-6,10H,13H2,1-2H3/t10-/m0/s1. The highest BCUT2D eigenvalue weighted by Gasteiger charge is 2.17. The molecule has 0 aliphatic rings. The Morgan fingerprint density at radius 3 is 2.80 bits per heavy atom. The zero-order valence-corrected chi connectivity index (χ0v) is 10.3. The van der Waals surface area contributed by atoms with Crippen molar-refractivity contribution in [2.24, 2.45) is 11.7 Å². The largest absolute Gasteiger partial charge is 0.439 e. The Labute approximate surface area is 96.8 Å². The highest BCUT2D eigenvalue weighted by Crippen LogP contribution is 2.25. The lowest BCUT2D eigenvalue weighted by Gasteiger charge is -2.10. The number of halogens is 1. The Kier molecular flexibility index (Phi) is 2.80. The average Bonchev–Trinajstić information content (AvgIpc) is 2.58. The highest BCUT2D eigenvalue weighted by molar-refractivity contribution is 9.10. The van der Waals surface area contributed by atoms with Crippen molar-refractivity contribution >= 4 is 27.0 Å². The van der Waals surface area contributed by atoms with Crippen LogP contribution in [-0.2, 0) is 0 Å². The molecule has 1 heterocycles. The minimum absolute atomic E-state index is 0.142. The molecule has 1 aromatic carbocycles. The van der Waals surface area contributed by atoms with Gasteiger partial charge >= 0.3 is 0 Å². The summed E-state index contributed by atoms with van der Waals surface area (Å²) >= 11 is 3.39. The number of hydrogen-bond donors (Lipinski definition) is 1. The van der Waals surface area contributed by atoms with Crippen LogP contribution in [0.1, 0.15) is 25.8 Å². The summed E-state index contributed by atoms with van der Waals surface area (Å²) < 4.78 is 6.59. The van der Waals surface area contributed by atoms with Gasteiger partial charge in [0.05, 0.1) is 6.04 Å². The van der Waals surface area contributed by atoms with E-state index in [4.69, 9.17) is 10.2 Å². The van der Waals surface area contributed by atoms with Gasteiger partial charge in [-0.15, -0.1) is 0 Å². The molecule has 0 aliphatic heterocycles. The fourth-order valence-corrected chi connectivity index (χ4v) is 1.68. The third kappa shape index (κ3) is 2.06. The molecule has 2 rings (SSSR count). The van der Waals surface area contributed by atoms with Crippen molar-refractivity contribution in [3.63, 3.8) is 0 Å². The molecule has 0 fully saturated rings. The summed E-state index contributed by atoms with van der Waals surface area (Å²) in [5.41, 5.74) is 7.60. The lowest BCUT2D eigenvalue weighted by atomic mass is 10.1. The SMILES string of the molecule is CC(C)[C@H](N)c1nc2ccc(Br)cc2o1. The monoisotopic (exact) mass is 268 g/mol. The minimum atomic E-state index is -0.142. The van der Waals surface area contributed by atoms with Crippen LogP contribution in [-0.4, -0.2) is 4.98 Å². The molecule has 0 spiro atoms. The first kappa shape index (κ1) is 10.6. The van der Waals surface area contributed by atoms with Crippen molar-refractivity contribution in [1.82, 2.24) is 4.98 Å². The van der Waals surface area contributed by atoms with Crippen LogP contribution in [0.5, 0.6) is 0 Å². The molecule has 1 aromatic heterocycles. The Balaban J connectivity index is 2.47. The van der Waals surface area contributed by atoms with Crippen molar-refractivity contribution in [2.45, 2.75) is 19.9 Å². The topological polar surface area (TPSA) is 52.0 Å². The van der Waals surface area contributed by atoms with Crippen molar-refractivity contribution < 1.29 is 4.42 Å². The highest BCUT2D eigenvalue weighted by atomic mass is 79.9. The van der Waals surface area contributed by atoms with Crippen molar-refractivity contribution in [3.8, 4) is 0 Å². The van der Waals surface area contributed by atoms with Gasteiger partial charge in [0.25, 0.3) is 0 Å². The number of fused-ring (bicyclic) bond motifs is 1.